The summed E-state index contributed by atoms with van der Waals surface area (Å²) in [5, 5.41) is 6.30. The molecule has 120 valence electrons. The third-order valence-electron chi connectivity index (χ3n) is 3.71. The topological polar surface area (TPSA) is 81.6 Å². The molecule has 3 heterocycles. The first-order valence-electron chi connectivity index (χ1n) is 7.58. The molecule has 0 bridgehead atoms. The lowest BCUT2D eigenvalue weighted by atomic mass is 10.2. The molecule has 0 atom stereocenters. The molecule has 3 N–H and O–H groups in total. The van der Waals surface area contributed by atoms with E-state index in [9.17, 15) is 0 Å². The van der Waals surface area contributed by atoms with Gasteiger partial charge in [-0.3, -0.25) is 0 Å². The fourth-order valence-corrected chi connectivity index (χ4v) is 3.22. The Morgan fingerprint density at radius 3 is 2.79 bits per heavy atom. The molecular formula is C17H16N6S. The van der Waals surface area contributed by atoms with Gasteiger partial charge in [0.05, 0.1) is 12.1 Å². The minimum atomic E-state index is 0.265. The van der Waals surface area contributed by atoms with Gasteiger partial charge in [-0.15, -0.1) is 11.3 Å². The van der Waals surface area contributed by atoms with E-state index in [4.69, 9.17) is 5.73 Å². The quantitative estimate of drug-likeness (QED) is 0.585. The SMILES string of the molecule is Nc1nc(NCc2nccs2)c2c(ccn2Cc2ccccc2)n1. The van der Waals surface area contributed by atoms with Crippen molar-refractivity contribution in [2.45, 2.75) is 13.1 Å². The van der Waals surface area contributed by atoms with E-state index in [0.717, 1.165) is 28.4 Å². The predicted molar refractivity (Wildman–Crippen MR) is 96.9 cm³/mol. The highest BCUT2D eigenvalue weighted by Gasteiger charge is 2.12. The minimum Gasteiger partial charge on any atom is -0.368 e. The normalized spacial score (nSPS) is 11.0. The fourth-order valence-electron chi connectivity index (χ4n) is 2.66. The number of benzene rings is 1. The monoisotopic (exact) mass is 336 g/mol. The zero-order chi connectivity index (χ0) is 16.4. The largest absolute Gasteiger partial charge is 0.368 e. The standard InChI is InChI=1S/C17H16N6S/c18-17-21-13-6-8-23(11-12-4-2-1-3-5-12)15(13)16(22-17)20-10-14-19-7-9-24-14/h1-9H,10-11H2,(H3,18,20,21,22). The van der Waals surface area contributed by atoms with Crippen molar-refractivity contribution in [2.24, 2.45) is 0 Å². The van der Waals surface area contributed by atoms with Gasteiger partial charge in [-0.25, -0.2) is 9.97 Å². The van der Waals surface area contributed by atoms with Crippen molar-refractivity contribution in [3.05, 3.63) is 64.7 Å². The molecule has 0 aliphatic heterocycles. The van der Waals surface area contributed by atoms with Crippen LogP contribution in [0.2, 0.25) is 0 Å². The van der Waals surface area contributed by atoms with Gasteiger partial charge in [-0.1, -0.05) is 30.3 Å². The van der Waals surface area contributed by atoms with Crippen molar-refractivity contribution in [3.63, 3.8) is 0 Å². The molecule has 0 spiro atoms. The molecule has 0 radical (unpaired) electrons. The Balaban J connectivity index is 1.70. The maximum atomic E-state index is 5.85. The molecule has 3 aromatic heterocycles. The van der Waals surface area contributed by atoms with E-state index in [1.807, 2.05) is 35.8 Å². The summed E-state index contributed by atoms with van der Waals surface area (Å²) in [4.78, 5) is 13.0. The Hall–Kier alpha value is -2.93. The van der Waals surface area contributed by atoms with Crippen LogP contribution in [0.1, 0.15) is 10.6 Å². The van der Waals surface area contributed by atoms with Crippen LogP contribution in [0.25, 0.3) is 11.0 Å². The highest BCUT2D eigenvalue weighted by molar-refractivity contribution is 7.09. The average molecular weight is 336 g/mol. The van der Waals surface area contributed by atoms with Crippen molar-refractivity contribution < 1.29 is 0 Å². The molecule has 0 aliphatic carbocycles. The highest BCUT2D eigenvalue weighted by Crippen LogP contribution is 2.24. The number of thiazole rings is 1. The number of nitrogens with zero attached hydrogens (tertiary/aromatic N) is 4. The summed E-state index contributed by atoms with van der Waals surface area (Å²) in [6, 6.07) is 12.3. The lowest BCUT2D eigenvalue weighted by Gasteiger charge is -2.11. The number of rotatable bonds is 5. The van der Waals surface area contributed by atoms with Gasteiger partial charge in [-0.05, 0) is 11.6 Å². The van der Waals surface area contributed by atoms with Crippen LogP contribution >= 0.6 is 11.3 Å². The minimum absolute atomic E-state index is 0.265. The van der Waals surface area contributed by atoms with E-state index in [-0.39, 0.29) is 5.95 Å². The van der Waals surface area contributed by atoms with Gasteiger partial charge in [0.25, 0.3) is 0 Å². The van der Waals surface area contributed by atoms with Crippen molar-refractivity contribution in [1.82, 2.24) is 19.5 Å². The molecule has 0 amide bonds. The molecule has 24 heavy (non-hydrogen) atoms. The molecule has 6 nitrogen and oxygen atoms in total. The van der Waals surface area contributed by atoms with Crippen LogP contribution in [0.5, 0.6) is 0 Å². The first kappa shape index (κ1) is 14.6. The molecule has 7 heteroatoms. The van der Waals surface area contributed by atoms with Gasteiger partial charge < -0.3 is 15.6 Å². The lowest BCUT2D eigenvalue weighted by molar-refractivity contribution is 0.834. The summed E-state index contributed by atoms with van der Waals surface area (Å²) >= 11 is 1.61. The van der Waals surface area contributed by atoms with Gasteiger partial charge in [0.2, 0.25) is 5.95 Å². The van der Waals surface area contributed by atoms with Crippen LogP contribution in [0, 0.1) is 0 Å². The van der Waals surface area contributed by atoms with Crippen LogP contribution in [-0.2, 0) is 13.1 Å². The Morgan fingerprint density at radius 1 is 1.12 bits per heavy atom. The summed E-state index contributed by atoms with van der Waals surface area (Å²) in [5.74, 6) is 0.996. The number of fused-ring (bicyclic) bond motifs is 1. The number of hydrogen-bond acceptors (Lipinski definition) is 6. The summed E-state index contributed by atoms with van der Waals surface area (Å²) in [5.41, 5.74) is 8.85. The zero-order valence-electron chi connectivity index (χ0n) is 12.9. The third kappa shape index (κ3) is 2.93. The molecule has 0 aliphatic rings. The maximum absolute atomic E-state index is 5.85. The number of hydrogen-bond donors (Lipinski definition) is 2. The van der Waals surface area contributed by atoms with Gasteiger partial charge >= 0.3 is 0 Å². The van der Waals surface area contributed by atoms with E-state index in [1.165, 1.54) is 5.56 Å². The number of nitrogens with two attached hydrogens (primary N) is 1. The van der Waals surface area contributed by atoms with E-state index in [1.54, 1.807) is 17.5 Å². The van der Waals surface area contributed by atoms with E-state index < -0.39 is 0 Å². The van der Waals surface area contributed by atoms with Crippen LogP contribution < -0.4 is 11.1 Å². The first-order chi connectivity index (χ1) is 11.8. The van der Waals surface area contributed by atoms with Gasteiger partial charge in [0, 0.05) is 24.3 Å². The van der Waals surface area contributed by atoms with Crippen molar-refractivity contribution in [2.75, 3.05) is 11.1 Å². The summed E-state index contributed by atoms with van der Waals surface area (Å²) < 4.78 is 2.13. The summed E-state index contributed by atoms with van der Waals surface area (Å²) in [7, 11) is 0. The highest BCUT2D eigenvalue weighted by atomic mass is 32.1. The molecule has 0 unspecified atom stereocenters. The lowest BCUT2D eigenvalue weighted by Crippen LogP contribution is -2.08. The number of aromatic nitrogens is 4. The van der Waals surface area contributed by atoms with E-state index in [2.05, 4.69) is 37.0 Å². The molecule has 0 saturated heterocycles. The van der Waals surface area contributed by atoms with Crippen LogP contribution in [0.15, 0.2) is 54.2 Å². The maximum Gasteiger partial charge on any atom is 0.222 e. The molecule has 0 saturated carbocycles. The van der Waals surface area contributed by atoms with E-state index in [0.29, 0.717) is 6.54 Å². The molecule has 1 aromatic carbocycles. The third-order valence-corrected chi connectivity index (χ3v) is 4.49. The smallest absolute Gasteiger partial charge is 0.222 e. The number of anilines is 2. The average Bonchev–Trinajstić information content (AvgIpc) is 3.24. The summed E-state index contributed by atoms with van der Waals surface area (Å²) in [6.45, 7) is 1.36. The Morgan fingerprint density at radius 2 is 2.00 bits per heavy atom. The number of nitrogens with one attached hydrogen (secondary N) is 1. The second-order valence-corrected chi connectivity index (χ2v) is 6.35. The summed E-state index contributed by atoms with van der Waals surface area (Å²) in [6.07, 6.45) is 3.81. The van der Waals surface area contributed by atoms with Gasteiger partial charge in [0.15, 0.2) is 5.82 Å². The molecule has 0 fully saturated rings. The van der Waals surface area contributed by atoms with Crippen LogP contribution in [0.4, 0.5) is 11.8 Å². The van der Waals surface area contributed by atoms with Crippen molar-refractivity contribution in [3.8, 4) is 0 Å². The Bertz CT molecular complexity index is 946. The van der Waals surface area contributed by atoms with Gasteiger partial charge in [-0.2, -0.15) is 4.98 Å². The molecular weight excluding hydrogens is 320 g/mol. The second-order valence-electron chi connectivity index (χ2n) is 5.37. The zero-order valence-corrected chi connectivity index (χ0v) is 13.7. The number of nitrogen functional groups attached to an aromatic ring is 1. The second kappa shape index (κ2) is 6.29. The van der Waals surface area contributed by atoms with E-state index >= 15 is 0 Å². The molecule has 4 aromatic rings. The Kier molecular flexibility index (Phi) is 3.84. The first-order valence-corrected chi connectivity index (χ1v) is 8.46. The van der Waals surface area contributed by atoms with Crippen LogP contribution in [0.3, 0.4) is 0 Å². The Labute approximate surface area is 143 Å². The predicted octanol–water partition coefficient (Wildman–Crippen LogP) is 3.13. The van der Waals surface area contributed by atoms with Crippen LogP contribution in [-0.4, -0.2) is 19.5 Å². The van der Waals surface area contributed by atoms with Gasteiger partial charge in [0.1, 0.15) is 10.5 Å². The van der Waals surface area contributed by atoms with Crippen molar-refractivity contribution >= 4 is 34.1 Å². The van der Waals surface area contributed by atoms with Crippen molar-refractivity contribution in [1.29, 1.82) is 0 Å². The molecule has 4 rings (SSSR count). The fraction of sp³-hybridized carbons (Fsp3) is 0.118.